The predicted octanol–water partition coefficient (Wildman–Crippen LogP) is 3.98. The van der Waals surface area contributed by atoms with Crippen LogP contribution in [-0.4, -0.2) is 37.0 Å². The molecule has 0 amide bonds. The summed E-state index contributed by atoms with van der Waals surface area (Å²) in [7, 11) is 3.20. The number of halogens is 1. The lowest BCUT2D eigenvalue weighted by molar-refractivity contribution is -0.0914. The zero-order valence-corrected chi connectivity index (χ0v) is 14.2. The van der Waals surface area contributed by atoms with Crippen LogP contribution in [0.4, 0.5) is 5.82 Å². The zero-order chi connectivity index (χ0) is 16.9. The van der Waals surface area contributed by atoms with E-state index in [1.165, 1.54) is 0 Å². The van der Waals surface area contributed by atoms with Crippen molar-refractivity contribution in [3.8, 4) is 11.4 Å². The Morgan fingerprint density at radius 2 is 1.71 bits per heavy atom. The molecule has 0 bridgehead atoms. The lowest BCUT2D eigenvalue weighted by Gasteiger charge is -2.16. The SMILES string of the molecule is COC(CNc1nc(-c2ccccc2Cl)nc2ccccc12)OC. The molecule has 1 heterocycles. The standard InChI is InChI=1S/C18H18ClN3O2/c1-23-16(24-2)11-20-17-13-8-4-6-10-15(13)21-18(22-17)12-7-3-5-9-14(12)19/h3-10,16H,11H2,1-2H3,(H,20,21,22). The third kappa shape index (κ3) is 3.48. The molecule has 0 aliphatic carbocycles. The van der Waals surface area contributed by atoms with Gasteiger partial charge in [0.1, 0.15) is 5.82 Å². The lowest BCUT2D eigenvalue weighted by atomic mass is 10.2. The number of ether oxygens (including phenoxy) is 2. The van der Waals surface area contributed by atoms with Gasteiger partial charge in [-0.15, -0.1) is 0 Å². The van der Waals surface area contributed by atoms with E-state index in [-0.39, 0.29) is 6.29 Å². The predicted molar refractivity (Wildman–Crippen MR) is 96.3 cm³/mol. The highest BCUT2D eigenvalue weighted by atomic mass is 35.5. The van der Waals surface area contributed by atoms with E-state index in [4.69, 9.17) is 21.1 Å². The molecule has 0 radical (unpaired) electrons. The Morgan fingerprint density at radius 1 is 1.00 bits per heavy atom. The van der Waals surface area contributed by atoms with Gasteiger partial charge in [-0.25, -0.2) is 9.97 Å². The summed E-state index contributed by atoms with van der Waals surface area (Å²) >= 11 is 6.29. The number of fused-ring (bicyclic) bond motifs is 1. The van der Waals surface area contributed by atoms with Gasteiger partial charge in [-0.1, -0.05) is 35.9 Å². The molecule has 1 aromatic heterocycles. The molecule has 0 spiro atoms. The maximum Gasteiger partial charge on any atom is 0.173 e. The molecule has 0 fully saturated rings. The highest BCUT2D eigenvalue weighted by Gasteiger charge is 2.13. The van der Waals surface area contributed by atoms with Gasteiger partial charge < -0.3 is 14.8 Å². The summed E-state index contributed by atoms with van der Waals surface area (Å²) in [6, 6.07) is 15.4. The molecule has 24 heavy (non-hydrogen) atoms. The van der Waals surface area contributed by atoms with Gasteiger partial charge in [-0.05, 0) is 24.3 Å². The topological polar surface area (TPSA) is 56.3 Å². The lowest BCUT2D eigenvalue weighted by Crippen LogP contribution is -2.24. The number of anilines is 1. The first-order chi connectivity index (χ1) is 11.7. The fourth-order valence-corrected chi connectivity index (χ4v) is 2.64. The van der Waals surface area contributed by atoms with Crippen molar-refractivity contribution in [1.29, 1.82) is 0 Å². The van der Waals surface area contributed by atoms with Crippen molar-refractivity contribution in [2.45, 2.75) is 6.29 Å². The third-order valence-electron chi connectivity index (χ3n) is 3.68. The molecule has 2 aromatic carbocycles. The summed E-state index contributed by atoms with van der Waals surface area (Å²) in [5, 5.41) is 4.82. The van der Waals surface area contributed by atoms with Crippen LogP contribution < -0.4 is 5.32 Å². The van der Waals surface area contributed by atoms with Crippen LogP contribution in [0, 0.1) is 0 Å². The monoisotopic (exact) mass is 343 g/mol. The minimum absolute atomic E-state index is 0.359. The summed E-state index contributed by atoms with van der Waals surface area (Å²) in [5.41, 5.74) is 1.64. The number of rotatable bonds is 6. The number of para-hydroxylation sites is 1. The average molecular weight is 344 g/mol. The van der Waals surface area contributed by atoms with Crippen LogP contribution in [0.1, 0.15) is 0 Å². The van der Waals surface area contributed by atoms with Crippen molar-refractivity contribution in [2.75, 3.05) is 26.1 Å². The minimum atomic E-state index is -0.359. The van der Waals surface area contributed by atoms with E-state index in [1.807, 2.05) is 48.5 Å². The van der Waals surface area contributed by atoms with Gasteiger partial charge in [-0.3, -0.25) is 0 Å². The Bertz CT molecular complexity index is 837. The van der Waals surface area contributed by atoms with Gasteiger partial charge in [0.25, 0.3) is 0 Å². The molecule has 0 aliphatic rings. The Kier molecular flexibility index (Phi) is 5.25. The summed E-state index contributed by atoms with van der Waals surface area (Å²) < 4.78 is 10.4. The van der Waals surface area contributed by atoms with E-state index in [9.17, 15) is 0 Å². The molecular formula is C18H18ClN3O2. The molecule has 0 unspecified atom stereocenters. The second-order valence-electron chi connectivity index (χ2n) is 5.17. The molecule has 5 nitrogen and oxygen atoms in total. The van der Waals surface area contributed by atoms with Crippen molar-refractivity contribution in [3.63, 3.8) is 0 Å². The van der Waals surface area contributed by atoms with Crippen LogP contribution >= 0.6 is 11.6 Å². The Hall–Kier alpha value is -2.21. The van der Waals surface area contributed by atoms with Crippen LogP contribution in [-0.2, 0) is 9.47 Å². The largest absolute Gasteiger partial charge is 0.364 e. The first-order valence-electron chi connectivity index (χ1n) is 7.54. The fraction of sp³-hybridized carbons (Fsp3) is 0.222. The van der Waals surface area contributed by atoms with Crippen molar-refractivity contribution >= 4 is 28.3 Å². The number of benzene rings is 2. The van der Waals surface area contributed by atoms with Gasteiger partial charge >= 0.3 is 0 Å². The second-order valence-corrected chi connectivity index (χ2v) is 5.58. The summed E-state index contributed by atoms with van der Waals surface area (Å²) in [4.78, 5) is 9.29. The van der Waals surface area contributed by atoms with Gasteiger partial charge in [-0.2, -0.15) is 0 Å². The number of hydrogen-bond acceptors (Lipinski definition) is 5. The zero-order valence-electron chi connectivity index (χ0n) is 13.5. The van der Waals surface area contributed by atoms with E-state index in [2.05, 4.69) is 15.3 Å². The van der Waals surface area contributed by atoms with Crippen LogP contribution in [0.3, 0.4) is 0 Å². The van der Waals surface area contributed by atoms with Gasteiger partial charge in [0.2, 0.25) is 0 Å². The molecule has 6 heteroatoms. The quantitative estimate of drug-likeness (QED) is 0.686. The highest BCUT2D eigenvalue weighted by molar-refractivity contribution is 6.33. The molecule has 0 atom stereocenters. The highest BCUT2D eigenvalue weighted by Crippen LogP contribution is 2.29. The molecule has 0 saturated carbocycles. The molecule has 0 saturated heterocycles. The van der Waals surface area contributed by atoms with Crippen molar-refractivity contribution in [2.24, 2.45) is 0 Å². The normalized spacial score (nSPS) is 11.2. The van der Waals surface area contributed by atoms with E-state index >= 15 is 0 Å². The number of methoxy groups -OCH3 is 2. The molecule has 1 N–H and O–H groups in total. The maximum atomic E-state index is 6.29. The first kappa shape index (κ1) is 16.6. The van der Waals surface area contributed by atoms with Crippen molar-refractivity contribution in [1.82, 2.24) is 9.97 Å². The van der Waals surface area contributed by atoms with Crippen LogP contribution in [0.25, 0.3) is 22.3 Å². The van der Waals surface area contributed by atoms with E-state index in [0.717, 1.165) is 22.3 Å². The third-order valence-corrected chi connectivity index (χ3v) is 4.01. The van der Waals surface area contributed by atoms with E-state index in [0.29, 0.717) is 17.4 Å². The van der Waals surface area contributed by atoms with Crippen LogP contribution in [0.5, 0.6) is 0 Å². The van der Waals surface area contributed by atoms with Crippen LogP contribution in [0.15, 0.2) is 48.5 Å². The molecule has 0 aliphatic heterocycles. The van der Waals surface area contributed by atoms with E-state index < -0.39 is 0 Å². The van der Waals surface area contributed by atoms with Crippen molar-refractivity contribution < 1.29 is 9.47 Å². The first-order valence-corrected chi connectivity index (χ1v) is 7.92. The van der Waals surface area contributed by atoms with Crippen LogP contribution in [0.2, 0.25) is 5.02 Å². The average Bonchev–Trinajstić information content (AvgIpc) is 2.62. The summed E-state index contributed by atoms with van der Waals surface area (Å²) in [6.45, 7) is 0.468. The molecule has 3 rings (SSSR count). The Balaban J connectivity index is 2.05. The molecule has 124 valence electrons. The molecule has 3 aromatic rings. The van der Waals surface area contributed by atoms with Gasteiger partial charge in [0, 0.05) is 25.2 Å². The summed E-state index contributed by atoms with van der Waals surface area (Å²) in [6.07, 6.45) is -0.359. The number of hydrogen-bond donors (Lipinski definition) is 1. The number of aromatic nitrogens is 2. The van der Waals surface area contributed by atoms with Gasteiger partial charge in [0.05, 0.1) is 17.1 Å². The number of nitrogens with one attached hydrogen (secondary N) is 1. The van der Waals surface area contributed by atoms with E-state index in [1.54, 1.807) is 14.2 Å². The van der Waals surface area contributed by atoms with Crippen molar-refractivity contribution in [3.05, 3.63) is 53.6 Å². The Morgan fingerprint density at radius 3 is 2.46 bits per heavy atom. The molecular weight excluding hydrogens is 326 g/mol. The fourth-order valence-electron chi connectivity index (χ4n) is 2.42. The number of nitrogens with zero attached hydrogens (tertiary/aromatic N) is 2. The Labute approximate surface area is 145 Å². The summed E-state index contributed by atoms with van der Waals surface area (Å²) in [5.74, 6) is 1.29. The smallest absolute Gasteiger partial charge is 0.173 e. The van der Waals surface area contributed by atoms with Gasteiger partial charge in [0.15, 0.2) is 12.1 Å². The maximum absolute atomic E-state index is 6.29. The second kappa shape index (κ2) is 7.57. The minimum Gasteiger partial charge on any atom is -0.364 e.